The van der Waals surface area contributed by atoms with Crippen molar-refractivity contribution in [1.82, 2.24) is 4.57 Å². The topological polar surface area (TPSA) is 48.1 Å². The Morgan fingerprint density at radius 3 is 2.50 bits per heavy atom. The van der Waals surface area contributed by atoms with E-state index in [9.17, 15) is 10.1 Å². The first-order chi connectivity index (χ1) is 9.60. The highest BCUT2D eigenvalue weighted by Crippen LogP contribution is 2.14. The lowest BCUT2D eigenvalue weighted by Gasteiger charge is -2.06. The van der Waals surface area contributed by atoms with Crippen LogP contribution in [0.3, 0.4) is 0 Å². The minimum absolute atomic E-state index is 0.169. The van der Waals surface area contributed by atoms with E-state index >= 15 is 0 Å². The van der Waals surface area contributed by atoms with E-state index < -0.39 is 4.92 Å². The molecule has 1 aromatic heterocycles. The third-order valence-electron chi connectivity index (χ3n) is 2.24. The molecule has 0 aliphatic heterocycles. The molecule has 0 saturated carbocycles. The zero-order valence-electron chi connectivity index (χ0n) is 12.0. The summed E-state index contributed by atoms with van der Waals surface area (Å²) in [5, 5.41) is 10.5. The van der Waals surface area contributed by atoms with E-state index in [0.717, 1.165) is 11.4 Å². The zero-order valence-corrected chi connectivity index (χ0v) is 12.0. The molecule has 0 bridgehead atoms. The Kier molecular flexibility index (Phi) is 8.11. The highest BCUT2D eigenvalue weighted by atomic mass is 16.6. The summed E-state index contributed by atoms with van der Waals surface area (Å²) in [5.74, 6) is 0. The van der Waals surface area contributed by atoms with Crippen LogP contribution in [0.15, 0.2) is 68.1 Å². The van der Waals surface area contributed by atoms with Gasteiger partial charge in [0.25, 0.3) is 5.70 Å². The lowest BCUT2D eigenvalue weighted by Crippen LogP contribution is -1.97. The third-order valence-corrected chi connectivity index (χ3v) is 2.24. The average Bonchev–Trinajstić information content (AvgIpc) is 2.93. The Labute approximate surface area is 119 Å². The molecule has 0 spiro atoms. The summed E-state index contributed by atoms with van der Waals surface area (Å²) in [5.41, 5.74) is 1.46. The van der Waals surface area contributed by atoms with Crippen LogP contribution < -0.4 is 0 Å². The highest BCUT2D eigenvalue weighted by molar-refractivity contribution is 5.64. The first-order valence-electron chi connectivity index (χ1n) is 6.24. The summed E-state index contributed by atoms with van der Waals surface area (Å²) >= 11 is 0. The summed E-state index contributed by atoms with van der Waals surface area (Å²) in [4.78, 5) is 9.94. The van der Waals surface area contributed by atoms with Crippen molar-refractivity contribution in [1.29, 1.82) is 0 Å². The van der Waals surface area contributed by atoms with Crippen LogP contribution in [-0.4, -0.2) is 9.49 Å². The molecule has 1 heterocycles. The number of allylic oxidation sites excluding steroid dienone is 5. The second kappa shape index (κ2) is 9.33. The lowest BCUT2D eigenvalue weighted by atomic mass is 10.3. The van der Waals surface area contributed by atoms with Gasteiger partial charge in [-0.2, -0.15) is 0 Å². The van der Waals surface area contributed by atoms with E-state index in [4.69, 9.17) is 0 Å². The number of hydrogen-bond donors (Lipinski definition) is 0. The van der Waals surface area contributed by atoms with E-state index in [1.165, 1.54) is 6.08 Å². The molecular formula is C16H20N2O2. The molecule has 0 N–H and O–H groups in total. The summed E-state index contributed by atoms with van der Waals surface area (Å²) in [6.07, 6.45) is 9.86. The fourth-order valence-corrected chi connectivity index (χ4v) is 1.37. The molecule has 4 heteroatoms. The van der Waals surface area contributed by atoms with Crippen molar-refractivity contribution in [3.8, 4) is 0 Å². The predicted molar refractivity (Wildman–Crippen MR) is 85.6 cm³/mol. The smallest absolute Gasteiger partial charge is 0.262 e. The van der Waals surface area contributed by atoms with Gasteiger partial charge in [-0.25, -0.2) is 0 Å². The second-order valence-electron chi connectivity index (χ2n) is 3.42. The SMILES string of the molecule is C=C/C=C(\C=C/C(=C)[N+](=O)[O-])n1cccc1C=C.CC. The third kappa shape index (κ3) is 4.94. The van der Waals surface area contributed by atoms with Crippen LogP contribution >= 0.6 is 0 Å². The summed E-state index contributed by atoms with van der Waals surface area (Å²) in [6.45, 7) is 14.7. The Morgan fingerprint density at radius 2 is 2.00 bits per heavy atom. The van der Waals surface area contributed by atoms with Gasteiger partial charge in [0.2, 0.25) is 0 Å². The van der Waals surface area contributed by atoms with Gasteiger partial charge in [-0.1, -0.05) is 33.1 Å². The van der Waals surface area contributed by atoms with Crippen molar-refractivity contribution in [2.75, 3.05) is 0 Å². The fraction of sp³-hybridized carbons (Fsp3) is 0.125. The minimum Gasteiger partial charge on any atom is -0.317 e. The van der Waals surface area contributed by atoms with Crippen LogP contribution in [0.1, 0.15) is 19.5 Å². The maximum absolute atomic E-state index is 10.5. The molecule has 0 radical (unpaired) electrons. The second-order valence-corrected chi connectivity index (χ2v) is 3.42. The Morgan fingerprint density at radius 1 is 1.35 bits per heavy atom. The number of nitrogens with zero attached hydrogens (tertiary/aromatic N) is 2. The molecule has 4 nitrogen and oxygen atoms in total. The van der Waals surface area contributed by atoms with Gasteiger partial charge in [-0.15, -0.1) is 0 Å². The number of hydrogen-bond acceptors (Lipinski definition) is 2. The number of rotatable bonds is 6. The molecule has 0 aliphatic rings. The van der Waals surface area contributed by atoms with Crippen molar-refractivity contribution in [3.63, 3.8) is 0 Å². The molecule has 1 aromatic rings. The molecule has 0 atom stereocenters. The van der Waals surface area contributed by atoms with Gasteiger partial charge in [-0.3, -0.25) is 10.1 Å². The van der Waals surface area contributed by atoms with E-state index in [2.05, 4.69) is 19.7 Å². The van der Waals surface area contributed by atoms with Crippen molar-refractivity contribution >= 4 is 11.8 Å². The molecule has 0 unspecified atom stereocenters. The van der Waals surface area contributed by atoms with Crippen LogP contribution in [0.25, 0.3) is 11.8 Å². The van der Waals surface area contributed by atoms with E-state index in [-0.39, 0.29) is 5.70 Å². The molecule has 0 aromatic carbocycles. The molecule has 0 fully saturated rings. The Balaban J connectivity index is 0.00000172. The van der Waals surface area contributed by atoms with Crippen LogP contribution in [0.2, 0.25) is 0 Å². The van der Waals surface area contributed by atoms with E-state index in [1.54, 1.807) is 24.3 Å². The molecule has 20 heavy (non-hydrogen) atoms. The highest BCUT2D eigenvalue weighted by Gasteiger charge is 2.03. The van der Waals surface area contributed by atoms with Gasteiger partial charge in [0.1, 0.15) is 0 Å². The first kappa shape index (κ1) is 17.4. The largest absolute Gasteiger partial charge is 0.317 e. The maximum atomic E-state index is 10.5. The van der Waals surface area contributed by atoms with Gasteiger partial charge in [0, 0.05) is 23.7 Å². The molecule has 0 amide bonds. The summed E-state index contributed by atoms with van der Waals surface area (Å²) < 4.78 is 1.85. The van der Waals surface area contributed by atoms with Crippen molar-refractivity contribution in [2.45, 2.75) is 13.8 Å². The zero-order chi connectivity index (χ0) is 15.5. The van der Waals surface area contributed by atoms with Gasteiger partial charge in [0.05, 0.1) is 4.92 Å². The number of nitro groups is 1. The molecule has 0 aliphatic carbocycles. The van der Waals surface area contributed by atoms with Gasteiger partial charge < -0.3 is 4.57 Å². The monoisotopic (exact) mass is 272 g/mol. The molecule has 106 valence electrons. The quantitative estimate of drug-likeness (QED) is 0.434. The molecular weight excluding hydrogens is 252 g/mol. The predicted octanol–water partition coefficient (Wildman–Crippen LogP) is 4.53. The van der Waals surface area contributed by atoms with Gasteiger partial charge >= 0.3 is 0 Å². The lowest BCUT2D eigenvalue weighted by molar-refractivity contribution is -0.418. The van der Waals surface area contributed by atoms with Crippen molar-refractivity contribution < 1.29 is 4.92 Å². The standard InChI is InChI=1S/C14H14N2O2.C2H6/c1-4-7-14(10-9-12(3)16(17)18)15-11-6-8-13(15)5-2;1-2/h4-11H,1-3H2;1-2H3/b10-9-,14-7+;. The normalized spacial score (nSPS) is 10.6. The van der Waals surface area contributed by atoms with Crippen molar-refractivity contribution in [2.24, 2.45) is 0 Å². The molecule has 0 saturated heterocycles. The average molecular weight is 272 g/mol. The summed E-state index contributed by atoms with van der Waals surface area (Å²) in [7, 11) is 0. The van der Waals surface area contributed by atoms with Crippen LogP contribution in [0, 0.1) is 10.1 Å². The van der Waals surface area contributed by atoms with E-state index in [1.807, 2.05) is 36.7 Å². The van der Waals surface area contributed by atoms with Crippen LogP contribution in [0.5, 0.6) is 0 Å². The van der Waals surface area contributed by atoms with Crippen LogP contribution in [-0.2, 0) is 0 Å². The Hall–Kier alpha value is -2.62. The summed E-state index contributed by atoms with van der Waals surface area (Å²) in [6, 6.07) is 3.75. The van der Waals surface area contributed by atoms with E-state index in [0.29, 0.717) is 0 Å². The van der Waals surface area contributed by atoms with Gasteiger partial charge in [-0.05, 0) is 36.9 Å². The van der Waals surface area contributed by atoms with Crippen molar-refractivity contribution in [3.05, 3.63) is 83.9 Å². The molecule has 1 rings (SSSR count). The Bertz CT molecular complexity index is 549. The fourth-order valence-electron chi connectivity index (χ4n) is 1.37. The van der Waals surface area contributed by atoms with Crippen LogP contribution in [0.4, 0.5) is 0 Å². The number of aromatic nitrogens is 1. The first-order valence-corrected chi connectivity index (χ1v) is 6.24. The van der Waals surface area contributed by atoms with Gasteiger partial charge in [0.15, 0.2) is 0 Å². The minimum atomic E-state index is -0.536. The maximum Gasteiger partial charge on any atom is 0.262 e.